The Morgan fingerprint density at radius 3 is 2.21 bits per heavy atom. The molecule has 19 heavy (non-hydrogen) atoms. The highest BCUT2D eigenvalue weighted by Gasteiger charge is 2.17. The van der Waals surface area contributed by atoms with Crippen LogP contribution in [0.2, 0.25) is 0 Å². The molecular formula is C14H15F2N3. The van der Waals surface area contributed by atoms with Crippen molar-refractivity contribution < 1.29 is 8.78 Å². The summed E-state index contributed by atoms with van der Waals surface area (Å²) in [5.74, 6) is -0.715. The van der Waals surface area contributed by atoms with E-state index in [2.05, 4.69) is 15.3 Å². The summed E-state index contributed by atoms with van der Waals surface area (Å²) in [5, 5.41) is 3.13. The van der Waals surface area contributed by atoms with Crippen LogP contribution in [0.3, 0.4) is 0 Å². The molecule has 1 aromatic heterocycles. The summed E-state index contributed by atoms with van der Waals surface area (Å²) in [7, 11) is 0. The number of hydrogen-bond donors (Lipinski definition) is 1. The van der Waals surface area contributed by atoms with Gasteiger partial charge >= 0.3 is 0 Å². The van der Waals surface area contributed by atoms with Crippen LogP contribution < -0.4 is 5.32 Å². The van der Waals surface area contributed by atoms with Gasteiger partial charge in [-0.1, -0.05) is 6.92 Å². The summed E-state index contributed by atoms with van der Waals surface area (Å²) in [4.78, 5) is 8.43. The first-order valence-corrected chi connectivity index (χ1v) is 6.08. The standard InChI is InChI=1S/C14H15F2N3/c1-3-17-13(14-18-7-9(2)8-19-14)10-4-11(15)6-12(16)5-10/h4-8,13,17H,3H2,1-2H3. The van der Waals surface area contributed by atoms with Crippen molar-refractivity contribution in [3.05, 3.63) is 59.2 Å². The van der Waals surface area contributed by atoms with E-state index in [9.17, 15) is 8.78 Å². The van der Waals surface area contributed by atoms with Gasteiger partial charge in [0.05, 0.1) is 6.04 Å². The topological polar surface area (TPSA) is 37.8 Å². The third-order valence-corrected chi connectivity index (χ3v) is 2.69. The fourth-order valence-electron chi connectivity index (χ4n) is 1.86. The molecule has 0 fully saturated rings. The van der Waals surface area contributed by atoms with Gasteiger partial charge in [0.15, 0.2) is 0 Å². The molecule has 1 atom stereocenters. The molecule has 3 nitrogen and oxygen atoms in total. The number of aryl methyl sites for hydroxylation is 1. The minimum Gasteiger partial charge on any atom is -0.304 e. The first kappa shape index (κ1) is 13.5. The second-order valence-electron chi connectivity index (χ2n) is 4.31. The molecule has 0 aliphatic carbocycles. The van der Waals surface area contributed by atoms with Crippen LogP contribution in [-0.2, 0) is 0 Å². The summed E-state index contributed by atoms with van der Waals surface area (Å²) in [5.41, 5.74) is 1.41. The van der Waals surface area contributed by atoms with Gasteiger partial charge in [0, 0.05) is 18.5 Å². The molecule has 1 heterocycles. The van der Waals surface area contributed by atoms with Crippen LogP contribution in [0.4, 0.5) is 8.78 Å². The Kier molecular flexibility index (Phi) is 4.16. The molecule has 0 aliphatic heterocycles. The van der Waals surface area contributed by atoms with Crippen molar-refractivity contribution in [3.8, 4) is 0 Å². The summed E-state index contributed by atoms with van der Waals surface area (Å²) >= 11 is 0. The predicted molar refractivity (Wildman–Crippen MR) is 68.6 cm³/mol. The molecule has 5 heteroatoms. The Labute approximate surface area is 110 Å². The number of aromatic nitrogens is 2. The van der Waals surface area contributed by atoms with E-state index in [-0.39, 0.29) is 0 Å². The Morgan fingerprint density at radius 2 is 1.68 bits per heavy atom. The Morgan fingerprint density at radius 1 is 1.11 bits per heavy atom. The molecular weight excluding hydrogens is 248 g/mol. The molecule has 0 amide bonds. The first-order chi connectivity index (χ1) is 9.10. The monoisotopic (exact) mass is 263 g/mol. The van der Waals surface area contributed by atoms with Crippen molar-refractivity contribution in [1.29, 1.82) is 0 Å². The lowest BCUT2D eigenvalue weighted by molar-refractivity contribution is 0.556. The normalized spacial score (nSPS) is 12.4. The molecule has 0 spiro atoms. The maximum Gasteiger partial charge on any atom is 0.149 e. The number of nitrogens with one attached hydrogen (secondary N) is 1. The summed E-state index contributed by atoms with van der Waals surface area (Å²) in [6, 6.07) is 3.01. The van der Waals surface area contributed by atoms with E-state index in [0.717, 1.165) is 11.6 Å². The van der Waals surface area contributed by atoms with Gasteiger partial charge < -0.3 is 5.32 Å². The van der Waals surface area contributed by atoms with Crippen molar-refractivity contribution in [2.24, 2.45) is 0 Å². The Bertz CT molecular complexity index is 535. The number of benzene rings is 1. The second kappa shape index (κ2) is 5.84. The average Bonchev–Trinajstić information content (AvgIpc) is 2.36. The molecule has 0 saturated carbocycles. The van der Waals surface area contributed by atoms with Crippen molar-refractivity contribution >= 4 is 0 Å². The van der Waals surface area contributed by atoms with Gasteiger partial charge in [-0.05, 0) is 36.7 Å². The molecule has 0 radical (unpaired) electrons. The number of nitrogens with zero attached hydrogens (tertiary/aromatic N) is 2. The van der Waals surface area contributed by atoms with E-state index in [1.165, 1.54) is 12.1 Å². The van der Waals surface area contributed by atoms with Gasteiger partial charge in [-0.3, -0.25) is 0 Å². The highest BCUT2D eigenvalue weighted by Crippen LogP contribution is 2.21. The number of halogens is 2. The van der Waals surface area contributed by atoms with E-state index in [0.29, 0.717) is 17.9 Å². The van der Waals surface area contributed by atoms with Crippen LogP contribution in [0.5, 0.6) is 0 Å². The van der Waals surface area contributed by atoms with Gasteiger partial charge in [0.2, 0.25) is 0 Å². The maximum absolute atomic E-state index is 13.3. The molecule has 0 saturated heterocycles. The lowest BCUT2D eigenvalue weighted by Gasteiger charge is -2.17. The van der Waals surface area contributed by atoms with Crippen molar-refractivity contribution in [3.63, 3.8) is 0 Å². The fourth-order valence-corrected chi connectivity index (χ4v) is 1.86. The lowest BCUT2D eigenvalue weighted by atomic mass is 10.1. The minimum absolute atomic E-state index is 0.421. The highest BCUT2D eigenvalue weighted by molar-refractivity contribution is 5.26. The van der Waals surface area contributed by atoms with Crippen molar-refractivity contribution in [1.82, 2.24) is 15.3 Å². The zero-order chi connectivity index (χ0) is 13.8. The van der Waals surface area contributed by atoms with Gasteiger partial charge in [0.25, 0.3) is 0 Å². The maximum atomic E-state index is 13.3. The summed E-state index contributed by atoms with van der Waals surface area (Å²) in [6.07, 6.45) is 3.37. The number of rotatable bonds is 4. The van der Waals surface area contributed by atoms with Crippen molar-refractivity contribution in [2.45, 2.75) is 19.9 Å². The molecule has 2 aromatic rings. The van der Waals surface area contributed by atoms with Crippen molar-refractivity contribution in [2.75, 3.05) is 6.54 Å². The third kappa shape index (κ3) is 3.32. The van der Waals surface area contributed by atoms with Crippen LogP contribution in [0.1, 0.15) is 29.9 Å². The fraction of sp³-hybridized carbons (Fsp3) is 0.286. The van der Waals surface area contributed by atoms with Crippen LogP contribution in [-0.4, -0.2) is 16.5 Å². The Balaban J connectivity index is 2.41. The molecule has 100 valence electrons. The Hall–Kier alpha value is -1.88. The molecule has 0 bridgehead atoms. The SMILES string of the molecule is CCNC(c1cc(F)cc(F)c1)c1ncc(C)cn1. The van der Waals surface area contributed by atoms with Gasteiger partial charge in [-0.25, -0.2) is 18.7 Å². The largest absolute Gasteiger partial charge is 0.304 e. The van der Waals surface area contributed by atoms with E-state index in [1.54, 1.807) is 12.4 Å². The first-order valence-electron chi connectivity index (χ1n) is 6.08. The van der Waals surface area contributed by atoms with Gasteiger partial charge in [0.1, 0.15) is 17.5 Å². The van der Waals surface area contributed by atoms with Crippen LogP contribution in [0, 0.1) is 18.6 Å². The van der Waals surface area contributed by atoms with Gasteiger partial charge in [-0.15, -0.1) is 0 Å². The zero-order valence-corrected chi connectivity index (χ0v) is 10.8. The number of hydrogen-bond acceptors (Lipinski definition) is 3. The highest BCUT2D eigenvalue weighted by atomic mass is 19.1. The van der Waals surface area contributed by atoms with E-state index < -0.39 is 17.7 Å². The minimum atomic E-state index is -0.606. The van der Waals surface area contributed by atoms with E-state index in [1.807, 2.05) is 13.8 Å². The lowest BCUT2D eigenvalue weighted by Crippen LogP contribution is -2.24. The molecule has 1 unspecified atom stereocenters. The summed E-state index contributed by atoms with van der Waals surface area (Å²) in [6.45, 7) is 4.44. The predicted octanol–water partition coefficient (Wildman–Crippen LogP) is 2.76. The third-order valence-electron chi connectivity index (χ3n) is 2.69. The van der Waals surface area contributed by atoms with E-state index >= 15 is 0 Å². The molecule has 2 rings (SSSR count). The summed E-state index contributed by atoms with van der Waals surface area (Å²) < 4.78 is 26.6. The quantitative estimate of drug-likeness (QED) is 0.921. The second-order valence-corrected chi connectivity index (χ2v) is 4.31. The molecule has 0 aliphatic rings. The van der Waals surface area contributed by atoms with Gasteiger partial charge in [-0.2, -0.15) is 0 Å². The van der Waals surface area contributed by atoms with Crippen LogP contribution in [0.15, 0.2) is 30.6 Å². The van der Waals surface area contributed by atoms with E-state index in [4.69, 9.17) is 0 Å². The zero-order valence-electron chi connectivity index (χ0n) is 10.8. The van der Waals surface area contributed by atoms with Crippen LogP contribution in [0.25, 0.3) is 0 Å². The average molecular weight is 263 g/mol. The molecule has 1 N–H and O–H groups in total. The molecule has 1 aromatic carbocycles. The smallest absolute Gasteiger partial charge is 0.149 e. The van der Waals surface area contributed by atoms with Crippen LogP contribution >= 0.6 is 0 Å².